The van der Waals surface area contributed by atoms with Gasteiger partial charge in [0.2, 0.25) is 5.88 Å². The van der Waals surface area contributed by atoms with Gasteiger partial charge in [-0.15, -0.1) is 0 Å². The van der Waals surface area contributed by atoms with Crippen molar-refractivity contribution in [1.82, 2.24) is 10.3 Å². The molecule has 1 N–H and O–H groups in total. The number of methoxy groups -OCH3 is 1. The van der Waals surface area contributed by atoms with Crippen molar-refractivity contribution in [2.24, 2.45) is 0 Å². The summed E-state index contributed by atoms with van der Waals surface area (Å²) in [5, 5.41) is 3.30. The van der Waals surface area contributed by atoms with Gasteiger partial charge in [-0.25, -0.2) is 9.37 Å². The summed E-state index contributed by atoms with van der Waals surface area (Å²) in [6.07, 6.45) is 1.70. The molecular weight excluding hydrogens is 331 g/mol. The lowest BCUT2D eigenvalue weighted by Crippen LogP contribution is -2.14. The van der Waals surface area contributed by atoms with Crippen molar-refractivity contribution in [1.29, 1.82) is 0 Å². The Labute approximate surface area is 152 Å². The molecule has 1 heterocycles. The molecule has 0 unspecified atom stereocenters. The third-order valence-corrected chi connectivity index (χ3v) is 4.01. The van der Waals surface area contributed by atoms with Crippen LogP contribution in [0, 0.1) is 12.7 Å². The maximum absolute atomic E-state index is 13.8. The Hall–Kier alpha value is -2.92. The smallest absolute Gasteiger partial charge is 0.223 e. The first-order valence-electron chi connectivity index (χ1n) is 8.38. The molecule has 0 spiro atoms. The van der Waals surface area contributed by atoms with Crippen LogP contribution in [0.3, 0.4) is 0 Å². The Morgan fingerprint density at radius 2 is 1.85 bits per heavy atom. The summed E-state index contributed by atoms with van der Waals surface area (Å²) in [5.41, 5.74) is 2.82. The van der Waals surface area contributed by atoms with Crippen LogP contribution in [0.4, 0.5) is 4.39 Å². The molecule has 0 saturated carbocycles. The van der Waals surface area contributed by atoms with Crippen molar-refractivity contribution in [3.63, 3.8) is 0 Å². The fraction of sp³-hybridized carbons (Fsp3) is 0.190. The van der Waals surface area contributed by atoms with Crippen LogP contribution < -0.4 is 14.8 Å². The molecule has 3 aromatic rings. The molecule has 1 aromatic heterocycles. The molecule has 2 aromatic carbocycles. The van der Waals surface area contributed by atoms with E-state index in [2.05, 4.69) is 10.3 Å². The first kappa shape index (κ1) is 17.9. The van der Waals surface area contributed by atoms with Gasteiger partial charge in [0.25, 0.3) is 0 Å². The number of pyridine rings is 1. The van der Waals surface area contributed by atoms with E-state index in [9.17, 15) is 4.39 Å². The zero-order chi connectivity index (χ0) is 18.4. The van der Waals surface area contributed by atoms with E-state index in [1.54, 1.807) is 12.3 Å². The normalized spacial score (nSPS) is 10.6. The highest BCUT2D eigenvalue weighted by Crippen LogP contribution is 2.25. The average molecular weight is 352 g/mol. The predicted molar refractivity (Wildman–Crippen MR) is 99.0 cm³/mol. The van der Waals surface area contributed by atoms with E-state index in [-0.39, 0.29) is 11.6 Å². The molecule has 134 valence electrons. The number of benzene rings is 2. The largest absolute Gasteiger partial charge is 0.494 e. The van der Waals surface area contributed by atoms with Gasteiger partial charge in [-0.2, -0.15) is 0 Å². The molecule has 5 heteroatoms. The van der Waals surface area contributed by atoms with Crippen LogP contribution in [-0.2, 0) is 13.1 Å². The van der Waals surface area contributed by atoms with Crippen LogP contribution in [0.2, 0.25) is 0 Å². The van der Waals surface area contributed by atoms with Gasteiger partial charge < -0.3 is 14.8 Å². The molecule has 0 aliphatic carbocycles. The summed E-state index contributed by atoms with van der Waals surface area (Å²) in [6, 6.07) is 16.6. The fourth-order valence-corrected chi connectivity index (χ4v) is 2.59. The van der Waals surface area contributed by atoms with Gasteiger partial charge in [-0.1, -0.05) is 30.3 Å². The van der Waals surface area contributed by atoms with Gasteiger partial charge >= 0.3 is 0 Å². The minimum absolute atomic E-state index is 0.245. The Morgan fingerprint density at radius 1 is 1.00 bits per heavy atom. The Kier molecular flexibility index (Phi) is 5.81. The van der Waals surface area contributed by atoms with Crippen molar-refractivity contribution in [3.05, 3.63) is 83.3 Å². The minimum Gasteiger partial charge on any atom is -0.494 e. The summed E-state index contributed by atoms with van der Waals surface area (Å²) in [4.78, 5) is 4.34. The second-order valence-electron chi connectivity index (χ2n) is 5.91. The second kappa shape index (κ2) is 8.45. The van der Waals surface area contributed by atoms with Gasteiger partial charge in [0.05, 0.1) is 7.11 Å². The lowest BCUT2D eigenvalue weighted by molar-refractivity contribution is 0.386. The molecule has 3 rings (SSSR count). The van der Waals surface area contributed by atoms with E-state index in [4.69, 9.17) is 9.47 Å². The van der Waals surface area contributed by atoms with Crippen LogP contribution in [-0.4, -0.2) is 12.1 Å². The topological polar surface area (TPSA) is 43.4 Å². The van der Waals surface area contributed by atoms with Crippen LogP contribution in [0.1, 0.15) is 16.7 Å². The SMILES string of the molecule is COc1ccc(CNCc2cccnc2Oc2ccccc2C)cc1F. The number of hydrogen-bond donors (Lipinski definition) is 1. The van der Waals surface area contributed by atoms with Gasteiger partial charge in [0.1, 0.15) is 5.75 Å². The van der Waals surface area contributed by atoms with Crippen molar-refractivity contribution in [2.75, 3.05) is 7.11 Å². The molecule has 0 aliphatic rings. The minimum atomic E-state index is -0.364. The zero-order valence-corrected chi connectivity index (χ0v) is 14.8. The molecule has 0 amide bonds. The summed E-state index contributed by atoms with van der Waals surface area (Å²) in [5.74, 6) is 1.23. The molecule has 0 fully saturated rings. The number of halogens is 1. The second-order valence-corrected chi connectivity index (χ2v) is 5.91. The summed E-state index contributed by atoms with van der Waals surface area (Å²) in [7, 11) is 1.45. The Balaban J connectivity index is 1.65. The third kappa shape index (κ3) is 4.37. The maximum Gasteiger partial charge on any atom is 0.223 e. The summed E-state index contributed by atoms with van der Waals surface area (Å²) < 4.78 is 24.7. The van der Waals surface area contributed by atoms with Crippen molar-refractivity contribution in [2.45, 2.75) is 20.0 Å². The first-order chi connectivity index (χ1) is 12.7. The van der Waals surface area contributed by atoms with Crippen LogP contribution in [0.15, 0.2) is 60.8 Å². The Morgan fingerprint density at radius 3 is 2.62 bits per heavy atom. The van der Waals surface area contributed by atoms with Crippen LogP contribution in [0.5, 0.6) is 17.4 Å². The summed E-state index contributed by atoms with van der Waals surface area (Å²) in [6.45, 7) is 3.08. The van der Waals surface area contributed by atoms with E-state index in [1.165, 1.54) is 13.2 Å². The van der Waals surface area contributed by atoms with Crippen molar-refractivity contribution in [3.8, 4) is 17.4 Å². The van der Waals surface area contributed by atoms with Gasteiger partial charge in [0, 0.05) is 24.8 Å². The maximum atomic E-state index is 13.8. The van der Waals surface area contributed by atoms with Crippen molar-refractivity contribution >= 4 is 0 Å². The van der Waals surface area contributed by atoms with E-state index in [0.29, 0.717) is 19.0 Å². The standard InChI is InChI=1S/C21H21FN2O2/c1-15-6-3-4-8-19(15)26-21-17(7-5-11-24-21)14-23-13-16-9-10-20(25-2)18(22)12-16/h3-12,23H,13-14H2,1-2H3. The molecule has 4 nitrogen and oxygen atoms in total. The predicted octanol–water partition coefficient (Wildman–Crippen LogP) is 4.62. The lowest BCUT2D eigenvalue weighted by atomic mass is 10.2. The van der Waals surface area contributed by atoms with Crippen molar-refractivity contribution < 1.29 is 13.9 Å². The molecule has 0 atom stereocenters. The first-order valence-corrected chi connectivity index (χ1v) is 8.38. The quantitative estimate of drug-likeness (QED) is 0.674. The van der Waals surface area contributed by atoms with Crippen LogP contribution in [0.25, 0.3) is 0 Å². The fourth-order valence-electron chi connectivity index (χ4n) is 2.59. The number of aromatic nitrogens is 1. The number of para-hydroxylation sites is 1. The zero-order valence-electron chi connectivity index (χ0n) is 14.8. The summed E-state index contributed by atoms with van der Waals surface area (Å²) >= 11 is 0. The molecular formula is C21H21FN2O2. The molecule has 0 bridgehead atoms. The van der Waals surface area contributed by atoms with E-state index in [1.807, 2.05) is 49.4 Å². The lowest BCUT2D eigenvalue weighted by Gasteiger charge is -2.12. The van der Waals surface area contributed by atoms with Gasteiger partial charge in [-0.05, 0) is 42.3 Å². The molecule has 0 radical (unpaired) electrons. The highest BCUT2D eigenvalue weighted by Gasteiger charge is 2.08. The van der Waals surface area contributed by atoms with E-state index in [0.717, 1.165) is 22.4 Å². The van der Waals surface area contributed by atoms with Gasteiger partial charge in [0.15, 0.2) is 11.6 Å². The molecule has 26 heavy (non-hydrogen) atoms. The number of hydrogen-bond acceptors (Lipinski definition) is 4. The van der Waals surface area contributed by atoms with E-state index >= 15 is 0 Å². The number of nitrogens with zero attached hydrogens (tertiary/aromatic N) is 1. The third-order valence-electron chi connectivity index (χ3n) is 4.01. The number of ether oxygens (including phenoxy) is 2. The monoisotopic (exact) mass is 352 g/mol. The number of nitrogens with one attached hydrogen (secondary N) is 1. The number of aryl methyl sites for hydroxylation is 1. The Bertz CT molecular complexity index is 883. The van der Waals surface area contributed by atoms with E-state index < -0.39 is 0 Å². The number of rotatable bonds is 7. The highest BCUT2D eigenvalue weighted by atomic mass is 19.1. The average Bonchev–Trinajstić information content (AvgIpc) is 2.65. The highest BCUT2D eigenvalue weighted by molar-refractivity contribution is 5.37. The van der Waals surface area contributed by atoms with Crippen LogP contribution >= 0.6 is 0 Å². The molecule has 0 aliphatic heterocycles. The molecule has 0 saturated heterocycles. The van der Waals surface area contributed by atoms with Gasteiger partial charge in [-0.3, -0.25) is 0 Å².